The van der Waals surface area contributed by atoms with Crippen molar-refractivity contribution in [1.82, 2.24) is 10.2 Å². The lowest BCUT2D eigenvalue weighted by Gasteiger charge is -2.37. The van der Waals surface area contributed by atoms with E-state index in [0.717, 1.165) is 31.4 Å². The van der Waals surface area contributed by atoms with Crippen LogP contribution in [0.1, 0.15) is 46.3 Å². The highest BCUT2D eigenvalue weighted by atomic mass is 16.3. The first-order valence-corrected chi connectivity index (χ1v) is 7.52. The maximum absolute atomic E-state index is 5.51. The fourth-order valence-corrected chi connectivity index (χ4v) is 2.60. The average Bonchev–Trinajstić information content (AvgIpc) is 3.08. The molecular weight excluding hydrogens is 236 g/mol. The highest BCUT2D eigenvalue weighted by molar-refractivity contribution is 5.00. The van der Waals surface area contributed by atoms with Crippen LogP contribution in [0.5, 0.6) is 0 Å². The molecule has 1 atom stereocenters. The molecule has 1 unspecified atom stereocenters. The molecule has 0 saturated heterocycles. The summed E-state index contributed by atoms with van der Waals surface area (Å²) in [5.74, 6) is 1.08. The Kier molecular flexibility index (Phi) is 4.69. The average molecular weight is 264 g/mol. The molecule has 0 spiro atoms. The number of hydrogen-bond donors (Lipinski definition) is 1. The third-order valence-corrected chi connectivity index (χ3v) is 4.30. The topological polar surface area (TPSA) is 28.4 Å². The van der Waals surface area contributed by atoms with Gasteiger partial charge in [-0.1, -0.05) is 20.8 Å². The van der Waals surface area contributed by atoms with Gasteiger partial charge in [-0.15, -0.1) is 0 Å². The Morgan fingerprint density at radius 3 is 2.74 bits per heavy atom. The third kappa shape index (κ3) is 4.08. The standard InChI is InChI=1S/C16H28N2O/c1-5-17-13(2)16(3,4)12-18(14-8-9-14)11-15-7-6-10-19-15/h6-7,10,13-14,17H,5,8-9,11-12H2,1-4H3. The molecule has 1 aromatic rings. The van der Waals surface area contributed by atoms with Crippen molar-refractivity contribution < 1.29 is 4.42 Å². The Morgan fingerprint density at radius 1 is 1.47 bits per heavy atom. The molecule has 1 N–H and O–H groups in total. The van der Waals surface area contributed by atoms with Crippen LogP contribution in [-0.4, -0.2) is 30.1 Å². The van der Waals surface area contributed by atoms with Crippen LogP contribution in [0, 0.1) is 5.41 Å². The van der Waals surface area contributed by atoms with Crippen molar-refractivity contribution in [2.24, 2.45) is 5.41 Å². The minimum absolute atomic E-state index is 0.269. The monoisotopic (exact) mass is 264 g/mol. The Morgan fingerprint density at radius 2 is 2.21 bits per heavy atom. The molecule has 0 aliphatic heterocycles. The second-order valence-electron chi connectivity index (χ2n) is 6.48. The van der Waals surface area contributed by atoms with E-state index in [0.29, 0.717) is 6.04 Å². The van der Waals surface area contributed by atoms with Gasteiger partial charge in [0.15, 0.2) is 0 Å². The van der Waals surface area contributed by atoms with Gasteiger partial charge in [0.2, 0.25) is 0 Å². The molecule has 108 valence electrons. The third-order valence-electron chi connectivity index (χ3n) is 4.30. The summed E-state index contributed by atoms with van der Waals surface area (Å²) in [5, 5.41) is 3.56. The largest absolute Gasteiger partial charge is 0.468 e. The van der Waals surface area contributed by atoms with Crippen molar-refractivity contribution >= 4 is 0 Å². The summed E-state index contributed by atoms with van der Waals surface area (Å²) >= 11 is 0. The maximum Gasteiger partial charge on any atom is 0.117 e. The smallest absolute Gasteiger partial charge is 0.117 e. The van der Waals surface area contributed by atoms with E-state index >= 15 is 0 Å². The summed E-state index contributed by atoms with van der Waals surface area (Å²) in [6.45, 7) is 12.3. The first-order valence-electron chi connectivity index (χ1n) is 7.52. The quantitative estimate of drug-likeness (QED) is 0.781. The van der Waals surface area contributed by atoms with Gasteiger partial charge < -0.3 is 9.73 Å². The van der Waals surface area contributed by atoms with E-state index in [4.69, 9.17) is 4.42 Å². The minimum Gasteiger partial charge on any atom is -0.468 e. The van der Waals surface area contributed by atoms with Gasteiger partial charge in [0.1, 0.15) is 5.76 Å². The Bertz CT molecular complexity index is 368. The molecule has 1 aromatic heterocycles. The second kappa shape index (κ2) is 6.10. The van der Waals surface area contributed by atoms with Gasteiger partial charge in [0.25, 0.3) is 0 Å². The summed E-state index contributed by atoms with van der Waals surface area (Å²) in [6.07, 6.45) is 4.45. The Labute approximate surface area is 117 Å². The number of hydrogen-bond acceptors (Lipinski definition) is 3. The van der Waals surface area contributed by atoms with Gasteiger partial charge in [0, 0.05) is 18.6 Å². The van der Waals surface area contributed by atoms with Gasteiger partial charge in [-0.05, 0) is 43.9 Å². The normalized spacial score (nSPS) is 17.9. The lowest BCUT2D eigenvalue weighted by Crippen LogP contribution is -2.47. The fraction of sp³-hybridized carbons (Fsp3) is 0.750. The highest BCUT2D eigenvalue weighted by Crippen LogP contribution is 2.32. The van der Waals surface area contributed by atoms with E-state index in [1.807, 2.05) is 6.07 Å². The van der Waals surface area contributed by atoms with Crippen molar-refractivity contribution in [2.75, 3.05) is 13.1 Å². The zero-order chi connectivity index (χ0) is 13.9. The molecule has 19 heavy (non-hydrogen) atoms. The molecule has 0 amide bonds. The summed E-state index contributed by atoms with van der Waals surface area (Å²) in [6, 6.07) is 5.34. The van der Waals surface area contributed by atoms with Crippen LogP contribution in [0.25, 0.3) is 0 Å². The predicted octanol–water partition coefficient (Wildman–Crippen LogP) is 3.27. The fourth-order valence-electron chi connectivity index (χ4n) is 2.60. The number of nitrogens with one attached hydrogen (secondary N) is 1. The van der Waals surface area contributed by atoms with Gasteiger partial charge in [-0.3, -0.25) is 4.90 Å². The molecule has 1 aliphatic rings. The first kappa shape index (κ1) is 14.6. The molecule has 0 bridgehead atoms. The van der Waals surface area contributed by atoms with E-state index in [2.05, 4.69) is 44.0 Å². The van der Waals surface area contributed by atoms with Crippen molar-refractivity contribution in [3.63, 3.8) is 0 Å². The first-order chi connectivity index (χ1) is 9.03. The lowest BCUT2D eigenvalue weighted by atomic mass is 9.84. The molecular formula is C16H28N2O. The summed E-state index contributed by atoms with van der Waals surface area (Å²) in [5.41, 5.74) is 0.269. The highest BCUT2D eigenvalue weighted by Gasteiger charge is 2.35. The van der Waals surface area contributed by atoms with Crippen LogP contribution >= 0.6 is 0 Å². The molecule has 3 heteroatoms. The number of nitrogens with zero attached hydrogens (tertiary/aromatic N) is 1. The van der Waals surface area contributed by atoms with Gasteiger partial charge in [-0.2, -0.15) is 0 Å². The van der Waals surface area contributed by atoms with Crippen LogP contribution in [0.3, 0.4) is 0 Å². The molecule has 0 radical (unpaired) electrons. The molecule has 1 fully saturated rings. The zero-order valence-electron chi connectivity index (χ0n) is 12.8. The molecule has 0 aromatic carbocycles. The maximum atomic E-state index is 5.51. The van der Waals surface area contributed by atoms with Gasteiger partial charge in [-0.25, -0.2) is 0 Å². The Hall–Kier alpha value is -0.800. The summed E-state index contributed by atoms with van der Waals surface area (Å²) < 4.78 is 5.51. The van der Waals surface area contributed by atoms with E-state index in [-0.39, 0.29) is 5.41 Å². The Balaban J connectivity index is 1.96. The van der Waals surface area contributed by atoms with Crippen LogP contribution in [0.4, 0.5) is 0 Å². The molecule has 1 aliphatic carbocycles. The van der Waals surface area contributed by atoms with Crippen LogP contribution in [0.15, 0.2) is 22.8 Å². The zero-order valence-corrected chi connectivity index (χ0v) is 12.8. The van der Waals surface area contributed by atoms with Crippen LogP contribution in [-0.2, 0) is 6.54 Å². The molecule has 1 saturated carbocycles. The lowest BCUT2D eigenvalue weighted by molar-refractivity contribution is 0.124. The van der Waals surface area contributed by atoms with E-state index < -0.39 is 0 Å². The second-order valence-corrected chi connectivity index (χ2v) is 6.48. The predicted molar refractivity (Wildman–Crippen MR) is 79.1 cm³/mol. The van der Waals surface area contributed by atoms with Crippen molar-refractivity contribution in [2.45, 2.75) is 59.2 Å². The van der Waals surface area contributed by atoms with E-state index in [1.54, 1.807) is 6.26 Å². The van der Waals surface area contributed by atoms with E-state index in [9.17, 15) is 0 Å². The molecule has 2 rings (SSSR count). The van der Waals surface area contributed by atoms with Crippen molar-refractivity contribution in [1.29, 1.82) is 0 Å². The van der Waals surface area contributed by atoms with Gasteiger partial charge in [0.05, 0.1) is 12.8 Å². The molecule has 3 nitrogen and oxygen atoms in total. The summed E-state index contributed by atoms with van der Waals surface area (Å²) in [4.78, 5) is 2.59. The number of furan rings is 1. The van der Waals surface area contributed by atoms with Gasteiger partial charge >= 0.3 is 0 Å². The minimum atomic E-state index is 0.269. The van der Waals surface area contributed by atoms with E-state index in [1.165, 1.54) is 12.8 Å². The van der Waals surface area contributed by atoms with Crippen molar-refractivity contribution in [3.05, 3.63) is 24.2 Å². The molecule has 1 heterocycles. The summed E-state index contributed by atoms with van der Waals surface area (Å²) in [7, 11) is 0. The van der Waals surface area contributed by atoms with Crippen LogP contribution in [0.2, 0.25) is 0 Å². The van der Waals surface area contributed by atoms with Crippen LogP contribution < -0.4 is 5.32 Å². The van der Waals surface area contributed by atoms with Crippen molar-refractivity contribution in [3.8, 4) is 0 Å². The number of rotatable bonds is 8. The SMILES string of the molecule is CCNC(C)C(C)(C)CN(Cc1ccco1)C1CC1.